The van der Waals surface area contributed by atoms with Crippen LogP contribution in [0.1, 0.15) is 44.7 Å². The summed E-state index contributed by atoms with van der Waals surface area (Å²) in [5.41, 5.74) is 6.99. The molecule has 0 aliphatic heterocycles. The first-order valence-corrected chi connectivity index (χ1v) is 7.12. The summed E-state index contributed by atoms with van der Waals surface area (Å²) in [7, 11) is 1.80. The van der Waals surface area contributed by atoms with Crippen molar-refractivity contribution in [3.63, 3.8) is 0 Å². The van der Waals surface area contributed by atoms with Crippen LogP contribution in [0.3, 0.4) is 0 Å². The summed E-state index contributed by atoms with van der Waals surface area (Å²) in [5.74, 6) is -0.00380. The van der Waals surface area contributed by atoms with Gasteiger partial charge in [-0.3, -0.25) is 4.79 Å². The normalized spacial score (nSPS) is 13.9. The van der Waals surface area contributed by atoms with E-state index in [1.807, 2.05) is 31.2 Å². The number of benzene rings is 1. The number of hydrogen-bond acceptors (Lipinski definition) is 2. The number of rotatable bonds is 6. The van der Waals surface area contributed by atoms with Crippen molar-refractivity contribution in [3.8, 4) is 0 Å². The van der Waals surface area contributed by atoms with Crippen LogP contribution in [-0.2, 0) is 4.79 Å². The van der Waals surface area contributed by atoms with Crippen molar-refractivity contribution in [2.75, 3.05) is 7.05 Å². The topological polar surface area (TPSA) is 46.3 Å². The van der Waals surface area contributed by atoms with Crippen LogP contribution in [-0.4, -0.2) is 23.9 Å². The molecule has 1 rings (SSSR count). The predicted molar refractivity (Wildman–Crippen MR) is 80.1 cm³/mol. The Balaban J connectivity index is 2.67. The maximum absolute atomic E-state index is 12.2. The molecule has 1 amide bonds. The molecular weight excluding hydrogens is 260 g/mol. The maximum atomic E-state index is 12.2. The van der Waals surface area contributed by atoms with E-state index >= 15 is 0 Å². The third kappa shape index (κ3) is 4.51. The van der Waals surface area contributed by atoms with Crippen molar-refractivity contribution < 1.29 is 4.79 Å². The van der Waals surface area contributed by atoms with Crippen LogP contribution in [0.5, 0.6) is 0 Å². The van der Waals surface area contributed by atoms with E-state index in [1.54, 1.807) is 11.9 Å². The van der Waals surface area contributed by atoms with E-state index in [9.17, 15) is 4.79 Å². The molecule has 0 saturated heterocycles. The number of carbonyl (C=O) groups is 1. The smallest absolute Gasteiger partial charge is 0.239 e. The van der Waals surface area contributed by atoms with Gasteiger partial charge in [-0.05, 0) is 31.0 Å². The van der Waals surface area contributed by atoms with Gasteiger partial charge in [-0.25, -0.2) is 0 Å². The van der Waals surface area contributed by atoms with Gasteiger partial charge in [0.25, 0.3) is 0 Å². The van der Waals surface area contributed by atoms with Crippen LogP contribution in [0, 0.1) is 0 Å². The third-order valence-corrected chi connectivity index (χ3v) is 3.72. The number of halogens is 1. The van der Waals surface area contributed by atoms with Gasteiger partial charge in [-0.2, -0.15) is 0 Å². The highest BCUT2D eigenvalue weighted by Gasteiger charge is 2.22. The van der Waals surface area contributed by atoms with Crippen LogP contribution in [0.25, 0.3) is 0 Å². The number of carbonyl (C=O) groups excluding carboxylic acids is 1. The summed E-state index contributed by atoms with van der Waals surface area (Å²) >= 11 is 5.87. The fourth-order valence-corrected chi connectivity index (χ4v) is 2.09. The standard InChI is InChI=1S/C15H23ClN2O/c1-4-5-6-14(17)15(19)18(3)11(2)12-7-9-13(16)10-8-12/h7-11,14H,4-6,17H2,1-3H3. The molecule has 0 heterocycles. The molecule has 2 atom stereocenters. The molecule has 0 bridgehead atoms. The van der Waals surface area contributed by atoms with E-state index in [0.29, 0.717) is 5.02 Å². The minimum absolute atomic E-state index is 0.00237. The molecule has 19 heavy (non-hydrogen) atoms. The molecule has 1 aromatic carbocycles. The number of unbranched alkanes of at least 4 members (excludes halogenated alkanes) is 1. The van der Waals surface area contributed by atoms with Gasteiger partial charge in [0, 0.05) is 12.1 Å². The lowest BCUT2D eigenvalue weighted by Gasteiger charge is -2.28. The second kappa shape index (κ2) is 7.51. The molecule has 2 unspecified atom stereocenters. The molecule has 0 spiro atoms. The minimum Gasteiger partial charge on any atom is -0.338 e. The molecule has 0 radical (unpaired) electrons. The van der Waals surface area contributed by atoms with Crippen molar-refractivity contribution >= 4 is 17.5 Å². The van der Waals surface area contributed by atoms with Gasteiger partial charge >= 0.3 is 0 Å². The highest BCUT2D eigenvalue weighted by molar-refractivity contribution is 6.30. The van der Waals surface area contributed by atoms with E-state index < -0.39 is 6.04 Å². The largest absolute Gasteiger partial charge is 0.338 e. The fraction of sp³-hybridized carbons (Fsp3) is 0.533. The number of likely N-dealkylation sites (N-methyl/N-ethyl adjacent to an activating group) is 1. The monoisotopic (exact) mass is 282 g/mol. The Morgan fingerprint density at radius 2 is 1.95 bits per heavy atom. The molecule has 0 aliphatic carbocycles. The van der Waals surface area contributed by atoms with E-state index in [0.717, 1.165) is 24.8 Å². The van der Waals surface area contributed by atoms with Crippen LogP contribution in [0.15, 0.2) is 24.3 Å². The number of amides is 1. The second-order valence-electron chi connectivity index (χ2n) is 4.93. The van der Waals surface area contributed by atoms with E-state index in [2.05, 4.69) is 6.92 Å². The second-order valence-corrected chi connectivity index (χ2v) is 5.36. The molecule has 0 saturated carbocycles. The Morgan fingerprint density at radius 3 is 2.47 bits per heavy atom. The van der Waals surface area contributed by atoms with Crippen molar-refractivity contribution in [1.82, 2.24) is 4.90 Å². The van der Waals surface area contributed by atoms with Crippen LogP contribution >= 0.6 is 11.6 Å². The third-order valence-electron chi connectivity index (χ3n) is 3.47. The SMILES string of the molecule is CCCCC(N)C(=O)N(C)C(C)c1ccc(Cl)cc1. The van der Waals surface area contributed by atoms with Gasteiger partial charge < -0.3 is 10.6 Å². The highest BCUT2D eigenvalue weighted by atomic mass is 35.5. The molecule has 106 valence electrons. The number of nitrogens with zero attached hydrogens (tertiary/aromatic N) is 1. The quantitative estimate of drug-likeness (QED) is 0.869. The first kappa shape index (κ1) is 16.0. The number of hydrogen-bond donors (Lipinski definition) is 1. The van der Waals surface area contributed by atoms with Crippen molar-refractivity contribution in [2.24, 2.45) is 5.73 Å². The van der Waals surface area contributed by atoms with Crippen LogP contribution in [0.2, 0.25) is 5.02 Å². The molecular formula is C15H23ClN2O. The zero-order valence-corrected chi connectivity index (χ0v) is 12.7. The van der Waals surface area contributed by atoms with Gasteiger partial charge in [-0.15, -0.1) is 0 Å². The molecule has 4 heteroatoms. The average Bonchev–Trinajstić information content (AvgIpc) is 2.43. The van der Waals surface area contributed by atoms with Gasteiger partial charge in [0.2, 0.25) is 5.91 Å². The van der Waals surface area contributed by atoms with Crippen LogP contribution < -0.4 is 5.73 Å². The Morgan fingerprint density at radius 1 is 1.37 bits per heavy atom. The van der Waals surface area contributed by atoms with Crippen molar-refractivity contribution in [2.45, 2.75) is 45.2 Å². The highest BCUT2D eigenvalue weighted by Crippen LogP contribution is 2.21. The molecule has 3 nitrogen and oxygen atoms in total. The summed E-state index contributed by atoms with van der Waals surface area (Å²) in [6, 6.07) is 7.14. The lowest BCUT2D eigenvalue weighted by molar-refractivity contribution is -0.133. The summed E-state index contributed by atoms with van der Waals surface area (Å²) in [4.78, 5) is 13.9. The molecule has 0 fully saturated rings. The Labute approximate surface area is 120 Å². The van der Waals surface area contributed by atoms with E-state index in [4.69, 9.17) is 17.3 Å². The summed E-state index contributed by atoms with van der Waals surface area (Å²) in [5, 5.41) is 0.699. The first-order chi connectivity index (χ1) is 8.97. The maximum Gasteiger partial charge on any atom is 0.239 e. The van der Waals surface area contributed by atoms with E-state index in [-0.39, 0.29) is 11.9 Å². The number of nitrogens with two attached hydrogens (primary N) is 1. The minimum atomic E-state index is -0.403. The Bertz CT molecular complexity index is 405. The van der Waals surface area contributed by atoms with Gasteiger partial charge in [-0.1, -0.05) is 43.5 Å². The first-order valence-electron chi connectivity index (χ1n) is 6.75. The average molecular weight is 283 g/mol. The molecule has 0 aromatic heterocycles. The van der Waals surface area contributed by atoms with Crippen LogP contribution in [0.4, 0.5) is 0 Å². The van der Waals surface area contributed by atoms with Gasteiger partial charge in [0.1, 0.15) is 0 Å². The molecule has 1 aromatic rings. The zero-order valence-electron chi connectivity index (χ0n) is 11.9. The van der Waals surface area contributed by atoms with Gasteiger partial charge in [0.15, 0.2) is 0 Å². The Hall–Kier alpha value is -1.06. The zero-order chi connectivity index (χ0) is 14.4. The van der Waals surface area contributed by atoms with Crippen molar-refractivity contribution in [1.29, 1.82) is 0 Å². The lowest BCUT2D eigenvalue weighted by Crippen LogP contribution is -2.42. The summed E-state index contributed by atoms with van der Waals surface area (Å²) in [6.45, 7) is 4.09. The summed E-state index contributed by atoms with van der Waals surface area (Å²) < 4.78 is 0. The van der Waals surface area contributed by atoms with E-state index in [1.165, 1.54) is 0 Å². The predicted octanol–water partition coefficient (Wildman–Crippen LogP) is 3.38. The summed E-state index contributed by atoms with van der Waals surface area (Å²) in [6.07, 6.45) is 2.78. The molecule has 2 N–H and O–H groups in total. The van der Waals surface area contributed by atoms with Gasteiger partial charge in [0.05, 0.1) is 12.1 Å². The van der Waals surface area contributed by atoms with Crippen molar-refractivity contribution in [3.05, 3.63) is 34.9 Å². The lowest BCUT2D eigenvalue weighted by atomic mass is 10.0. The fourth-order valence-electron chi connectivity index (χ4n) is 1.96. The Kier molecular flexibility index (Phi) is 6.32. The molecule has 0 aliphatic rings.